The normalized spacial score (nSPS) is 15.4. The van der Waals surface area contributed by atoms with Crippen molar-refractivity contribution in [3.8, 4) is 17.6 Å². The number of unbranched alkanes of at least 4 members (excludes halogenated alkanes) is 5. The lowest BCUT2D eigenvalue weighted by Crippen LogP contribution is -2.18. The fourth-order valence-corrected chi connectivity index (χ4v) is 3.02. The summed E-state index contributed by atoms with van der Waals surface area (Å²) in [6.45, 7) is 9.22. The van der Waals surface area contributed by atoms with E-state index in [0.717, 1.165) is 11.3 Å². The number of rotatable bonds is 9. The van der Waals surface area contributed by atoms with Crippen LogP contribution in [0.1, 0.15) is 91.0 Å². The summed E-state index contributed by atoms with van der Waals surface area (Å²) in [5.74, 6) is 8.40. The van der Waals surface area contributed by atoms with Gasteiger partial charge in [0, 0.05) is 11.5 Å². The Hall–Kier alpha value is -1.42. The summed E-state index contributed by atoms with van der Waals surface area (Å²) < 4.78 is 5.81. The van der Waals surface area contributed by atoms with Crippen LogP contribution in [0.3, 0.4) is 0 Å². The summed E-state index contributed by atoms with van der Waals surface area (Å²) in [6.07, 6.45) is 12.2. The van der Waals surface area contributed by atoms with Crippen LogP contribution < -0.4 is 4.74 Å². The molecule has 2 rings (SSSR count). The summed E-state index contributed by atoms with van der Waals surface area (Å²) in [7, 11) is 0. The van der Waals surface area contributed by atoms with Crippen LogP contribution in [0.25, 0.3) is 0 Å². The Labute approximate surface area is 155 Å². The topological polar surface area (TPSA) is 9.23 Å². The summed E-state index contributed by atoms with van der Waals surface area (Å²) >= 11 is 0. The highest BCUT2D eigenvalue weighted by atomic mass is 16.5. The van der Waals surface area contributed by atoms with E-state index in [-0.39, 0.29) is 5.41 Å². The summed E-state index contributed by atoms with van der Waals surface area (Å²) in [4.78, 5) is 0. The Bertz CT molecular complexity index is 548. The Morgan fingerprint density at radius 1 is 1.00 bits per heavy atom. The van der Waals surface area contributed by atoms with Gasteiger partial charge in [0.2, 0.25) is 0 Å². The lowest BCUT2D eigenvalue weighted by molar-refractivity contribution is 0.281. The van der Waals surface area contributed by atoms with Crippen LogP contribution in [0.5, 0.6) is 5.75 Å². The van der Waals surface area contributed by atoms with Gasteiger partial charge in [-0.15, -0.1) is 0 Å². The molecule has 1 aromatic rings. The molecule has 0 amide bonds. The first-order chi connectivity index (χ1) is 12.0. The van der Waals surface area contributed by atoms with E-state index in [1.54, 1.807) is 0 Å². The molecule has 0 spiro atoms. The quantitative estimate of drug-likeness (QED) is 0.347. The standard InChI is InChI=1S/C24H36O/c1-5-6-7-8-9-10-11-21(24(2,3)4)15-12-20-13-16-22(17-14-20)25-23-18-19-23/h13-14,16-17,21,23H,5-11,18-19H2,1-4H3. The third-order valence-corrected chi connectivity index (χ3v) is 4.96. The second kappa shape index (κ2) is 9.91. The van der Waals surface area contributed by atoms with Gasteiger partial charge in [-0.05, 0) is 48.9 Å². The zero-order valence-electron chi connectivity index (χ0n) is 16.7. The van der Waals surface area contributed by atoms with Gasteiger partial charge in [-0.25, -0.2) is 0 Å². The summed E-state index contributed by atoms with van der Waals surface area (Å²) in [5.41, 5.74) is 1.34. The Kier molecular flexibility index (Phi) is 7.89. The third-order valence-electron chi connectivity index (χ3n) is 4.96. The van der Waals surface area contributed by atoms with Crippen LogP contribution in [0.15, 0.2) is 24.3 Å². The lowest BCUT2D eigenvalue weighted by atomic mass is 9.78. The van der Waals surface area contributed by atoms with Crippen LogP contribution in [-0.4, -0.2) is 6.10 Å². The first-order valence-corrected chi connectivity index (χ1v) is 10.3. The average Bonchev–Trinajstić information content (AvgIpc) is 3.37. The van der Waals surface area contributed by atoms with Gasteiger partial charge in [-0.2, -0.15) is 0 Å². The number of benzene rings is 1. The van der Waals surface area contributed by atoms with Crippen LogP contribution in [0, 0.1) is 23.2 Å². The van der Waals surface area contributed by atoms with E-state index in [4.69, 9.17) is 4.74 Å². The van der Waals surface area contributed by atoms with Gasteiger partial charge in [-0.3, -0.25) is 0 Å². The summed E-state index contributed by atoms with van der Waals surface area (Å²) in [5, 5.41) is 0. The molecule has 1 fully saturated rings. The van der Waals surface area contributed by atoms with Gasteiger partial charge in [0.1, 0.15) is 5.75 Å². The maximum atomic E-state index is 5.81. The molecule has 0 radical (unpaired) electrons. The minimum absolute atomic E-state index is 0.242. The van der Waals surface area contributed by atoms with Crippen LogP contribution in [-0.2, 0) is 0 Å². The molecule has 1 heteroatoms. The number of ether oxygens (including phenoxy) is 1. The van der Waals surface area contributed by atoms with Crippen molar-refractivity contribution in [2.24, 2.45) is 11.3 Å². The molecule has 1 nitrogen and oxygen atoms in total. The first-order valence-electron chi connectivity index (χ1n) is 10.3. The van der Waals surface area contributed by atoms with E-state index in [1.165, 1.54) is 57.8 Å². The molecule has 0 bridgehead atoms. The predicted octanol–water partition coefficient (Wildman–Crippen LogP) is 6.99. The fourth-order valence-electron chi connectivity index (χ4n) is 3.02. The second-order valence-corrected chi connectivity index (χ2v) is 8.59. The molecule has 138 valence electrons. The molecule has 1 saturated carbocycles. The summed E-state index contributed by atoms with van der Waals surface area (Å²) in [6, 6.07) is 8.30. The van der Waals surface area contributed by atoms with E-state index < -0.39 is 0 Å². The highest BCUT2D eigenvalue weighted by Gasteiger charge is 2.23. The fraction of sp³-hybridized carbons (Fsp3) is 0.667. The molecular formula is C24H36O. The van der Waals surface area contributed by atoms with E-state index >= 15 is 0 Å². The molecule has 0 aliphatic heterocycles. The van der Waals surface area contributed by atoms with E-state index in [1.807, 2.05) is 0 Å². The minimum Gasteiger partial charge on any atom is -0.490 e. The molecular weight excluding hydrogens is 304 g/mol. The maximum Gasteiger partial charge on any atom is 0.119 e. The lowest BCUT2D eigenvalue weighted by Gasteiger charge is -2.26. The molecule has 1 unspecified atom stereocenters. The van der Waals surface area contributed by atoms with E-state index in [0.29, 0.717) is 12.0 Å². The van der Waals surface area contributed by atoms with Crippen molar-refractivity contribution in [3.05, 3.63) is 29.8 Å². The van der Waals surface area contributed by atoms with E-state index in [2.05, 4.69) is 63.8 Å². The van der Waals surface area contributed by atoms with Gasteiger partial charge >= 0.3 is 0 Å². The molecule has 1 aliphatic rings. The molecule has 0 N–H and O–H groups in total. The van der Waals surface area contributed by atoms with Crippen molar-refractivity contribution in [1.82, 2.24) is 0 Å². The molecule has 1 atom stereocenters. The molecule has 0 saturated heterocycles. The Morgan fingerprint density at radius 2 is 1.64 bits per heavy atom. The van der Waals surface area contributed by atoms with Crippen molar-refractivity contribution in [1.29, 1.82) is 0 Å². The SMILES string of the molecule is CCCCCCCCC(C#Cc1ccc(OC2CC2)cc1)C(C)(C)C. The molecule has 1 aliphatic carbocycles. The maximum absolute atomic E-state index is 5.81. The van der Waals surface area contributed by atoms with Crippen molar-refractivity contribution in [2.75, 3.05) is 0 Å². The van der Waals surface area contributed by atoms with Crippen molar-refractivity contribution in [3.63, 3.8) is 0 Å². The number of hydrogen-bond donors (Lipinski definition) is 0. The molecule has 1 aromatic carbocycles. The predicted molar refractivity (Wildman–Crippen MR) is 108 cm³/mol. The molecule has 25 heavy (non-hydrogen) atoms. The average molecular weight is 341 g/mol. The zero-order valence-corrected chi connectivity index (χ0v) is 16.7. The Morgan fingerprint density at radius 3 is 2.24 bits per heavy atom. The van der Waals surface area contributed by atoms with E-state index in [9.17, 15) is 0 Å². The monoisotopic (exact) mass is 340 g/mol. The van der Waals surface area contributed by atoms with Crippen LogP contribution in [0.2, 0.25) is 0 Å². The smallest absolute Gasteiger partial charge is 0.119 e. The highest BCUT2D eigenvalue weighted by molar-refractivity contribution is 5.39. The minimum atomic E-state index is 0.242. The van der Waals surface area contributed by atoms with Gasteiger partial charge in [0.25, 0.3) is 0 Å². The second-order valence-electron chi connectivity index (χ2n) is 8.59. The van der Waals surface area contributed by atoms with Gasteiger partial charge in [0.15, 0.2) is 0 Å². The molecule has 0 heterocycles. The highest BCUT2D eigenvalue weighted by Crippen LogP contribution is 2.30. The third kappa shape index (κ3) is 8.00. The van der Waals surface area contributed by atoms with Gasteiger partial charge in [0.05, 0.1) is 6.10 Å². The van der Waals surface area contributed by atoms with Gasteiger partial charge < -0.3 is 4.74 Å². The largest absolute Gasteiger partial charge is 0.490 e. The van der Waals surface area contributed by atoms with Crippen molar-refractivity contribution < 1.29 is 4.74 Å². The van der Waals surface area contributed by atoms with Crippen LogP contribution >= 0.6 is 0 Å². The van der Waals surface area contributed by atoms with Crippen molar-refractivity contribution >= 4 is 0 Å². The molecule has 0 aromatic heterocycles. The van der Waals surface area contributed by atoms with Crippen molar-refractivity contribution in [2.45, 2.75) is 91.6 Å². The zero-order chi connectivity index (χ0) is 18.1. The number of hydrogen-bond acceptors (Lipinski definition) is 1. The first kappa shape index (κ1) is 19.9. The Balaban J connectivity index is 1.85. The van der Waals surface area contributed by atoms with Crippen LogP contribution in [0.4, 0.5) is 0 Å². The van der Waals surface area contributed by atoms with Gasteiger partial charge in [-0.1, -0.05) is 78.1 Å².